The maximum absolute atomic E-state index is 6.01. The van der Waals surface area contributed by atoms with Crippen LogP contribution in [-0.2, 0) is 13.1 Å². The first kappa shape index (κ1) is 14.4. The Hall–Kier alpha value is -1.03. The van der Waals surface area contributed by atoms with Crippen molar-refractivity contribution in [3.05, 3.63) is 63.1 Å². The number of rotatable bonds is 4. The lowest BCUT2D eigenvalue weighted by Gasteiger charge is -2.19. The molecule has 2 rings (SSSR count). The lowest BCUT2D eigenvalue weighted by atomic mass is 10.1. The average Bonchev–Trinajstić information content (AvgIpc) is 2.34. The normalized spacial score (nSPS) is 10.9. The van der Waals surface area contributed by atoms with Crippen molar-refractivity contribution in [3.63, 3.8) is 0 Å². The lowest BCUT2D eigenvalue weighted by Crippen LogP contribution is -2.18. The highest BCUT2D eigenvalue weighted by Gasteiger charge is 2.08. The minimum atomic E-state index is 0.770. The van der Waals surface area contributed by atoms with E-state index < -0.39 is 0 Å². The fourth-order valence-electron chi connectivity index (χ4n) is 2.01. The first-order valence-electron chi connectivity index (χ1n) is 6.02. The van der Waals surface area contributed by atoms with E-state index in [1.54, 1.807) is 0 Å². The molecule has 0 atom stereocenters. The number of nitrogens with two attached hydrogens (primary N) is 1. The molecule has 2 nitrogen and oxygen atoms in total. The quantitative estimate of drug-likeness (QED) is 0.841. The number of hydrogen-bond donors (Lipinski definition) is 1. The zero-order chi connectivity index (χ0) is 13.8. The molecule has 0 aliphatic rings. The number of hydrogen-bond acceptors (Lipinski definition) is 2. The molecule has 4 heteroatoms. The average molecular weight is 340 g/mol. The molecule has 0 saturated heterocycles. The standard InChI is InChI=1S/C15H16BrClN2/c1-19(9-11-4-2-5-12(17)8-11)10-13-14(16)6-3-7-15(13)18/h2-8H,9-10,18H2,1H3. The molecule has 2 aromatic rings. The van der Waals surface area contributed by atoms with Gasteiger partial charge < -0.3 is 5.73 Å². The second-order valence-corrected chi connectivity index (χ2v) is 5.90. The van der Waals surface area contributed by atoms with Gasteiger partial charge in [0.1, 0.15) is 0 Å². The van der Waals surface area contributed by atoms with Gasteiger partial charge in [-0.3, -0.25) is 4.90 Å². The third-order valence-corrected chi connectivity index (χ3v) is 3.90. The Morgan fingerprint density at radius 1 is 1.16 bits per heavy atom. The fraction of sp³-hybridized carbons (Fsp3) is 0.200. The van der Waals surface area contributed by atoms with Crippen molar-refractivity contribution in [1.82, 2.24) is 4.90 Å². The van der Waals surface area contributed by atoms with E-state index in [0.717, 1.165) is 33.8 Å². The van der Waals surface area contributed by atoms with Crippen LogP contribution in [0.15, 0.2) is 46.9 Å². The Bertz CT molecular complexity index is 552. The summed E-state index contributed by atoms with van der Waals surface area (Å²) in [6.45, 7) is 1.63. The third-order valence-electron chi connectivity index (χ3n) is 2.92. The second-order valence-electron chi connectivity index (χ2n) is 4.61. The van der Waals surface area contributed by atoms with Gasteiger partial charge in [-0.05, 0) is 36.9 Å². The predicted octanol–water partition coefficient (Wildman–Crippen LogP) is 4.32. The van der Waals surface area contributed by atoms with Crippen LogP contribution in [0.3, 0.4) is 0 Å². The predicted molar refractivity (Wildman–Crippen MR) is 85.2 cm³/mol. The molecular formula is C15H16BrClN2. The number of halogens is 2. The maximum atomic E-state index is 6.01. The molecule has 2 aromatic carbocycles. The third kappa shape index (κ3) is 3.96. The van der Waals surface area contributed by atoms with Gasteiger partial charge in [0.25, 0.3) is 0 Å². The van der Waals surface area contributed by atoms with Gasteiger partial charge in [0, 0.05) is 33.8 Å². The monoisotopic (exact) mass is 338 g/mol. The Kier molecular flexibility index (Phi) is 4.86. The largest absolute Gasteiger partial charge is 0.398 e. The van der Waals surface area contributed by atoms with Crippen LogP contribution in [0.4, 0.5) is 5.69 Å². The maximum Gasteiger partial charge on any atom is 0.0409 e. The lowest BCUT2D eigenvalue weighted by molar-refractivity contribution is 0.319. The van der Waals surface area contributed by atoms with Crippen LogP contribution in [-0.4, -0.2) is 11.9 Å². The topological polar surface area (TPSA) is 29.3 Å². The minimum Gasteiger partial charge on any atom is -0.398 e. The Morgan fingerprint density at radius 2 is 1.89 bits per heavy atom. The Balaban J connectivity index is 2.07. The second kappa shape index (κ2) is 6.42. The summed E-state index contributed by atoms with van der Waals surface area (Å²) in [4.78, 5) is 2.21. The highest BCUT2D eigenvalue weighted by atomic mass is 79.9. The molecule has 100 valence electrons. The molecule has 0 unspecified atom stereocenters. The van der Waals surface area contributed by atoms with Gasteiger partial charge in [-0.1, -0.05) is 45.7 Å². The van der Waals surface area contributed by atoms with E-state index >= 15 is 0 Å². The molecule has 0 aliphatic carbocycles. The zero-order valence-corrected chi connectivity index (χ0v) is 13.1. The van der Waals surface area contributed by atoms with Crippen LogP contribution in [0.5, 0.6) is 0 Å². The van der Waals surface area contributed by atoms with Crippen LogP contribution in [0.2, 0.25) is 5.02 Å². The van der Waals surface area contributed by atoms with Crippen LogP contribution < -0.4 is 5.73 Å². The van der Waals surface area contributed by atoms with E-state index in [9.17, 15) is 0 Å². The molecular weight excluding hydrogens is 324 g/mol. The molecule has 0 fully saturated rings. The van der Waals surface area contributed by atoms with Crippen molar-refractivity contribution in [1.29, 1.82) is 0 Å². The summed E-state index contributed by atoms with van der Waals surface area (Å²) in [6, 6.07) is 13.8. The fourth-order valence-corrected chi connectivity index (χ4v) is 2.73. The number of anilines is 1. The van der Waals surface area contributed by atoms with Crippen molar-refractivity contribution in [2.45, 2.75) is 13.1 Å². The summed E-state index contributed by atoms with van der Waals surface area (Å²) in [5, 5.41) is 0.770. The van der Waals surface area contributed by atoms with Gasteiger partial charge >= 0.3 is 0 Å². The van der Waals surface area contributed by atoms with E-state index in [-0.39, 0.29) is 0 Å². The van der Waals surface area contributed by atoms with Crippen molar-refractivity contribution in [3.8, 4) is 0 Å². The first-order chi connectivity index (χ1) is 9.06. The van der Waals surface area contributed by atoms with Gasteiger partial charge in [-0.15, -0.1) is 0 Å². The van der Waals surface area contributed by atoms with Crippen molar-refractivity contribution in [2.75, 3.05) is 12.8 Å². The number of nitrogen functional groups attached to an aromatic ring is 1. The highest BCUT2D eigenvalue weighted by molar-refractivity contribution is 9.10. The van der Waals surface area contributed by atoms with Crippen molar-refractivity contribution >= 4 is 33.2 Å². The summed E-state index contributed by atoms with van der Waals surface area (Å²) in [5.41, 5.74) is 9.13. The number of benzene rings is 2. The van der Waals surface area contributed by atoms with E-state index in [2.05, 4.69) is 33.9 Å². The zero-order valence-electron chi connectivity index (χ0n) is 10.7. The molecule has 19 heavy (non-hydrogen) atoms. The van der Waals surface area contributed by atoms with Crippen LogP contribution in [0.1, 0.15) is 11.1 Å². The number of nitrogens with zero attached hydrogens (tertiary/aromatic N) is 1. The minimum absolute atomic E-state index is 0.770. The molecule has 0 aromatic heterocycles. The molecule has 0 aliphatic heterocycles. The molecule has 0 amide bonds. The molecule has 0 bridgehead atoms. The molecule has 2 N–H and O–H groups in total. The van der Waals surface area contributed by atoms with E-state index in [4.69, 9.17) is 17.3 Å². The van der Waals surface area contributed by atoms with E-state index in [1.807, 2.05) is 36.4 Å². The summed E-state index contributed by atoms with van der Waals surface area (Å²) in [7, 11) is 2.07. The summed E-state index contributed by atoms with van der Waals surface area (Å²) < 4.78 is 1.05. The van der Waals surface area contributed by atoms with Crippen LogP contribution in [0.25, 0.3) is 0 Å². The summed E-state index contributed by atoms with van der Waals surface area (Å²) in [6.07, 6.45) is 0. The van der Waals surface area contributed by atoms with E-state index in [0.29, 0.717) is 0 Å². The summed E-state index contributed by atoms with van der Waals surface area (Å²) >= 11 is 9.54. The van der Waals surface area contributed by atoms with Crippen LogP contribution in [0, 0.1) is 0 Å². The Labute approximate surface area is 127 Å². The molecule has 0 radical (unpaired) electrons. The van der Waals surface area contributed by atoms with Crippen molar-refractivity contribution < 1.29 is 0 Å². The van der Waals surface area contributed by atoms with E-state index in [1.165, 1.54) is 5.56 Å². The first-order valence-corrected chi connectivity index (χ1v) is 7.19. The highest BCUT2D eigenvalue weighted by Crippen LogP contribution is 2.24. The summed E-state index contributed by atoms with van der Waals surface area (Å²) in [5.74, 6) is 0. The molecule has 0 spiro atoms. The SMILES string of the molecule is CN(Cc1cccc(Cl)c1)Cc1c(N)cccc1Br. The van der Waals surface area contributed by atoms with Gasteiger partial charge in [-0.25, -0.2) is 0 Å². The molecule has 0 heterocycles. The van der Waals surface area contributed by atoms with Crippen molar-refractivity contribution in [2.24, 2.45) is 0 Å². The van der Waals surface area contributed by atoms with Gasteiger partial charge in [-0.2, -0.15) is 0 Å². The smallest absolute Gasteiger partial charge is 0.0409 e. The van der Waals surface area contributed by atoms with Gasteiger partial charge in [0.15, 0.2) is 0 Å². The Morgan fingerprint density at radius 3 is 2.58 bits per heavy atom. The van der Waals surface area contributed by atoms with Gasteiger partial charge in [0.2, 0.25) is 0 Å². The molecule has 0 saturated carbocycles. The van der Waals surface area contributed by atoms with Crippen LogP contribution >= 0.6 is 27.5 Å². The van der Waals surface area contributed by atoms with Gasteiger partial charge in [0.05, 0.1) is 0 Å².